The highest BCUT2D eigenvalue weighted by Crippen LogP contribution is 2.35. The molecule has 172 valence electrons. The molecule has 0 spiro atoms. The van der Waals surface area contributed by atoms with Crippen molar-refractivity contribution < 1.29 is 14.0 Å². The van der Waals surface area contributed by atoms with E-state index < -0.39 is 0 Å². The molecule has 2 amide bonds. The van der Waals surface area contributed by atoms with Crippen LogP contribution in [0.15, 0.2) is 72.4 Å². The van der Waals surface area contributed by atoms with Gasteiger partial charge in [-0.05, 0) is 72.2 Å². The van der Waals surface area contributed by atoms with E-state index in [-0.39, 0.29) is 24.2 Å². The number of hydrogen-bond donors (Lipinski definition) is 0. The minimum atomic E-state index is -0.302. The summed E-state index contributed by atoms with van der Waals surface area (Å²) in [6, 6.07) is 20.4. The third kappa shape index (κ3) is 4.03. The lowest BCUT2D eigenvalue weighted by Crippen LogP contribution is -2.38. The van der Waals surface area contributed by atoms with Gasteiger partial charge in [-0.2, -0.15) is 0 Å². The SMILES string of the molecule is Cc1ccc(C2=C(N3CCc4ccccc4C3)C(=O)N(CCc3ccc(F)cc3)C2=O)cc1C. The highest BCUT2D eigenvalue weighted by atomic mass is 19.1. The first-order valence-electron chi connectivity index (χ1n) is 11.7. The van der Waals surface area contributed by atoms with Crippen LogP contribution >= 0.6 is 0 Å². The molecule has 0 aliphatic carbocycles. The van der Waals surface area contributed by atoms with Gasteiger partial charge in [0.05, 0.1) is 5.57 Å². The number of benzene rings is 3. The zero-order valence-electron chi connectivity index (χ0n) is 19.5. The van der Waals surface area contributed by atoms with Gasteiger partial charge in [-0.3, -0.25) is 14.5 Å². The van der Waals surface area contributed by atoms with Gasteiger partial charge >= 0.3 is 0 Å². The molecule has 0 atom stereocenters. The second kappa shape index (κ2) is 8.90. The summed E-state index contributed by atoms with van der Waals surface area (Å²) in [7, 11) is 0. The average Bonchev–Trinajstić information content (AvgIpc) is 3.09. The van der Waals surface area contributed by atoms with Gasteiger partial charge in [0.15, 0.2) is 0 Å². The van der Waals surface area contributed by atoms with Crippen molar-refractivity contribution in [1.29, 1.82) is 0 Å². The van der Waals surface area contributed by atoms with Crippen molar-refractivity contribution in [3.8, 4) is 0 Å². The molecule has 0 fully saturated rings. The van der Waals surface area contributed by atoms with E-state index in [1.807, 2.05) is 44.2 Å². The van der Waals surface area contributed by atoms with E-state index in [9.17, 15) is 14.0 Å². The molecule has 0 radical (unpaired) electrons. The third-order valence-electron chi connectivity index (χ3n) is 6.92. The van der Waals surface area contributed by atoms with E-state index in [1.165, 1.54) is 28.2 Å². The van der Waals surface area contributed by atoms with E-state index >= 15 is 0 Å². The van der Waals surface area contributed by atoms with Gasteiger partial charge in [0, 0.05) is 19.6 Å². The van der Waals surface area contributed by atoms with Gasteiger partial charge in [0.2, 0.25) is 0 Å². The standard InChI is InChI=1S/C29H27FN2O2/c1-19-7-10-23(17-20(19)2)26-27(31-15-14-22-5-3-4-6-24(22)18-31)29(34)32(28(26)33)16-13-21-8-11-25(30)12-9-21/h3-12,17H,13-16,18H2,1-2H3. The van der Waals surface area contributed by atoms with Crippen LogP contribution < -0.4 is 0 Å². The zero-order valence-corrected chi connectivity index (χ0v) is 19.5. The van der Waals surface area contributed by atoms with Gasteiger partial charge in [0.1, 0.15) is 11.5 Å². The Bertz CT molecular complexity index is 1310. The number of nitrogens with zero attached hydrogens (tertiary/aromatic N) is 2. The summed E-state index contributed by atoms with van der Waals surface area (Å²) in [6.45, 7) is 5.60. The Hall–Kier alpha value is -3.73. The number of hydrogen-bond acceptors (Lipinski definition) is 3. The van der Waals surface area contributed by atoms with Crippen LogP contribution in [0, 0.1) is 19.7 Å². The van der Waals surface area contributed by atoms with E-state index in [1.54, 1.807) is 12.1 Å². The van der Waals surface area contributed by atoms with E-state index in [0.29, 0.717) is 30.8 Å². The molecule has 2 aliphatic rings. The molecule has 0 saturated heterocycles. The number of carbonyl (C=O) groups is 2. The predicted octanol–water partition coefficient (Wildman–Crippen LogP) is 4.82. The molecule has 4 nitrogen and oxygen atoms in total. The van der Waals surface area contributed by atoms with Crippen LogP contribution in [0.3, 0.4) is 0 Å². The summed E-state index contributed by atoms with van der Waals surface area (Å²) >= 11 is 0. The second-order valence-corrected chi connectivity index (χ2v) is 9.10. The Morgan fingerprint density at radius 2 is 1.59 bits per heavy atom. The minimum absolute atomic E-state index is 0.250. The summed E-state index contributed by atoms with van der Waals surface area (Å²) < 4.78 is 13.3. The first kappa shape index (κ1) is 22.1. The summed E-state index contributed by atoms with van der Waals surface area (Å²) in [5, 5.41) is 0. The van der Waals surface area contributed by atoms with Crippen LogP contribution in [0.25, 0.3) is 5.57 Å². The Balaban J connectivity index is 1.50. The maximum absolute atomic E-state index is 13.7. The molecule has 0 bridgehead atoms. The Morgan fingerprint density at radius 1 is 0.853 bits per heavy atom. The fourth-order valence-electron chi connectivity index (χ4n) is 4.80. The van der Waals surface area contributed by atoms with Crippen LogP contribution in [0.1, 0.15) is 33.4 Å². The first-order chi connectivity index (χ1) is 16.4. The Kier molecular flexibility index (Phi) is 5.78. The fraction of sp³-hybridized carbons (Fsp3) is 0.241. The number of imide groups is 1. The number of amides is 2. The summed E-state index contributed by atoms with van der Waals surface area (Å²) in [6.07, 6.45) is 1.31. The lowest BCUT2D eigenvalue weighted by molar-refractivity contribution is -0.137. The molecule has 0 saturated carbocycles. The number of fused-ring (bicyclic) bond motifs is 1. The number of aryl methyl sites for hydroxylation is 2. The normalized spacial score (nSPS) is 15.9. The van der Waals surface area contributed by atoms with Crippen molar-refractivity contribution in [2.45, 2.75) is 33.2 Å². The van der Waals surface area contributed by atoms with Crippen LogP contribution in [0.4, 0.5) is 4.39 Å². The first-order valence-corrected chi connectivity index (χ1v) is 11.7. The summed E-state index contributed by atoms with van der Waals surface area (Å²) in [5.41, 5.74) is 7.33. The van der Waals surface area contributed by atoms with E-state index in [0.717, 1.165) is 28.7 Å². The quantitative estimate of drug-likeness (QED) is 0.519. The molecule has 0 N–H and O–H groups in total. The Morgan fingerprint density at radius 3 is 2.32 bits per heavy atom. The molecule has 3 aromatic carbocycles. The van der Waals surface area contributed by atoms with Crippen molar-refractivity contribution in [2.24, 2.45) is 0 Å². The highest BCUT2D eigenvalue weighted by Gasteiger charge is 2.42. The number of carbonyl (C=O) groups excluding carboxylic acids is 2. The number of halogens is 1. The molecule has 0 aromatic heterocycles. The van der Waals surface area contributed by atoms with Gasteiger partial charge in [-0.25, -0.2) is 4.39 Å². The number of rotatable bonds is 5. The molecule has 5 heteroatoms. The summed E-state index contributed by atoms with van der Waals surface area (Å²) in [5.74, 6) is -0.813. The maximum Gasteiger partial charge on any atom is 0.277 e. The van der Waals surface area contributed by atoms with E-state index in [4.69, 9.17) is 0 Å². The van der Waals surface area contributed by atoms with Crippen LogP contribution in [0.5, 0.6) is 0 Å². The fourth-order valence-corrected chi connectivity index (χ4v) is 4.80. The minimum Gasteiger partial charge on any atom is -0.362 e. The lowest BCUT2D eigenvalue weighted by atomic mass is 9.96. The lowest BCUT2D eigenvalue weighted by Gasteiger charge is -2.31. The zero-order chi connectivity index (χ0) is 23.8. The predicted molar refractivity (Wildman–Crippen MR) is 130 cm³/mol. The molecule has 3 aromatic rings. The van der Waals surface area contributed by atoms with Crippen molar-refractivity contribution in [3.05, 3.63) is 112 Å². The molecule has 2 aliphatic heterocycles. The van der Waals surface area contributed by atoms with Crippen LogP contribution in [-0.4, -0.2) is 34.7 Å². The van der Waals surface area contributed by atoms with E-state index in [2.05, 4.69) is 17.0 Å². The monoisotopic (exact) mass is 454 g/mol. The largest absolute Gasteiger partial charge is 0.362 e. The smallest absolute Gasteiger partial charge is 0.277 e. The van der Waals surface area contributed by atoms with Gasteiger partial charge in [-0.1, -0.05) is 54.6 Å². The molecule has 5 rings (SSSR count). The van der Waals surface area contributed by atoms with Crippen molar-refractivity contribution in [2.75, 3.05) is 13.1 Å². The van der Waals surface area contributed by atoms with Gasteiger partial charge < -0.3 is 4.90 Å². The van der Waals surface area contributed by atoms with Crippen LogP contribution in [0.2, 0.25) is 0 Å². The molecular weight excluding hydrogens is 427 g/mol. The third-order valence-corrected chi connectivity index (χ3v) is 6.92. The van der Waals surface area contributed by atoms with Crippen LogP contribution in [-0.2, 0) is 29.0 Å². The highest BCUT2D eigenvalue weighted by molar-refractivity contribution is 6.35. The Labute approximate surface area is 199 Å². The molecule has 34 heavy (non-hydrogen) atoms. The molecule has 2 heterocycles. The summed E-state index contributed by atoms with van der Waals surface area (Å²) in [4.78, 5) is 30.7. The average molecular weight is 455 g/mol. The molecular formula is C29H27FN2O2. The van der Waals surface area contributed by atoms with Crippen molar-refractivity contribution in [3.63, 3.8) is 0 Å². The van der Waals surface area contributed by atoms with Gasteiger partial charge in [0.25, 0.3) is 11.8 Å². The topological polar surface area (TPSA) is 40.6 Å². The maximum atomic E-state index is 13.7. The van der Waals surface area contributed by atoms with Crippen molar-refractivity contribution in [1.82, 2.24) is 9.80 Å². The van der Waals surface area contributed by atoms with Crippen molar-refractivity contribution >= 4 is 17.4 Å². The molecule has 0 unspecified atom stereocenters. The second-order valence-electron chi connectivity index (χ2n) is 9.10. The van der Waals surface area contributed by atoms with Gasteiger partial charge in [-0.15, -0.1) is 0 Å².